The van der Waals surface area contributed by atoms with Crippen LogP contribution >= 0.6 is 23.2 Å². The zero-order chi connectivity index (χ0) is 15.1. The minimum atomic E-state index is 0.351. The van der Waals surface area contributed by atoms with E-state index in [4.69, 9.17) is 23.2 Å². The molecular formula is C17H11Cl2N3. The van der Waals surface area contributed by atoms with Crippen LogP contribution in [0.5, 0.6) is 0 Å². The summed E-state index contributed by atoms with van der Waals surface area (Å²) in [6.45, 7) is 0. The summed E-state index contributed by atoms with van der Waals surface area (Å²) in [7, 11) is 0. The fourth-order valence-electron chi connectivity index (χ4n) is 2.61. The predicted molar refractivity (Wildman–Crippen MR) is 89.8 cm³/mol. The molecule has 0 aliphatic heterocycles. The zero-order valence-electron chi connectivity index (χ0n) is 11.5. The molecule has 108 valence electrons. The molecule has 2 heterocycles. The Morgan fingerprint density at radius 3 is 2.59 bits per heavy atom. The number of aromatic nitrogens is 3. The number of benzene rings is 2. The maximum Gasteiger partial charge on any atom is 0.224 e. The van der Waals surface area contributed by atoms with Gasteiger partial charge in [0, 0.05) is 16.8 Å². The van der Waals surface area contributed by atoms with E-state index < -0.39 is 0 Å². The molecule has 0 fully saturated rings. The first-order chi connectivity index (χ1) is 10.7. The third kappa shape index (κ3) is 2.32. The van der Waals surface area contributed by atoms with Gasteiger partial charge in [-0.15, -0.1) is 0 Å². The molecule has 0 radical (unpaired) electrons. The molecular weight excluding hydrogens is 317 g/mol. The SMILES string of the molecule is Clc1ccc2nc(Cl)n3nc(Cc4ccccc4)cc3c2c1. The van der Waals surface area contributed by atoms with Crippen LogP contribution in [0.3, 0.4) is 0 Å². The number of hydrogen-bond acceptors (Lipinski definition) is 2. The summed E-state index contributed by atoms with van der Waals surface area (Å²) in [5.41, 5.74) is 3.89. The highest BCUT2D eigenvalue weighted by atomic mass is 35.5. The third-order valence-corrected chi connectivity index (χ3v) is 4.09. The second-order valence-corrected chi connectivity index (χ2v) is 5.91. The molecule has 0 atom stereocenters. The van der Waals surface area contributed by atoms with Crippen molar-refractivity contribution in [2.45, 2.75) is 6.42 Å². The van der Waals surface area contributed by atoms with Crippen LogP contribution in [0.4, 0.5) is 0 Å². The molecule has 4 rings (SSSR count). The van der Waals surface area contributed by atoms with Crippen LogP contribution < -0.4 is 0 Å². The average molecular weight is 328 g/mol. The normalized spacial score (nSPS) is 11.4. The summed E-state index contributed by atoms with van der Waals surface area (Å²) < 4.78 is 1.67. The number of fused-ring (bicyclic) bond motifs is 3. The van der Waals surface area contributed by atoms with E-state index in [0.29, 0.717) is 10.3 Å². The van der Waals surface area contributed by atoms with Crippen LogP contribution in [-0.4, -0.2) is 14.6 Å². The highest BCUT2D eigenvalue weighted by Gasteiger charge is 2.11. The molecule has 0 unspecified atom stereocenters. The standard InChI is InChI=1S/C17H11Cl2N3/c18-12-6-7-15-14(9-12)16-10-13(21-22(16)17(19)20-15)8-11-4-2-1-3-5-11/h1-7,9-10H,8H2. The van der Waals surface area contributed by atoms with Gasteiger partial charge < -0.3 is 0 Å². The van der Waals surface area contributed by atoms with Gasteiger partial charge in [0.1, 0.15) is 0 Å². The number of halogens is 2. The Labute approximate surface area is 137 Å². The van der Waals surface area contributed by atoms with Crippen molar-refractivity contribution in [1.82, 2.24) is 14.6 Å². The number of rotatable bonds is 2. The van der Waals surface area contributed by atoms with Gasteiger partial charge in [0.05, 0.1) is 16.7 Å². The summed E-state index contributed by atoms with van der Waals surface area (Å²) in [4.78, 5) is 4.37. The third-order valence-electron chi connectivity index (χ3n) is 3.61. The van der Waals surface area contributed by atoms with Crippen molar-refractivity contribution in [3.05, 3.63) is 76.2 Å². The molecule has 0 N–H and O–H groups in total. The smallest absolute Gasteiger partial charge is 0.218 e. The van der Waals surface area contributed by atoms with E-state index in [2.05, 4.69) is 22.2 Å². The van der Waals surface area contributed by atoms with Gasteiger partial charge in [-0.05, 0) is 41.4 Å². The van der Waals surface area contributed by atoms with Crippen LogP contribution in [-0.2, 0) is 6.42 Å². The molecule has 0 amide bonds. The van der Waals surface area contributed by atoms with Crippen LogP contribution in [0.15, 0.2) is 54.6 Å². The topological polar surface area (TPSA) is 30.2 Å². The summed E-state index contributed by atoms with van der Waals surface area (Å²) in [6, 6.07) is 17.8. The first kappa shape index (κ1) is 13.6. The molecule has 3 nitrogen and oxygen atoms in total. The Morgan fingerprint density at radius 1 is 0.955 bits per heavy atom. The fraction of sp³-hybridized carbons (Fsp3) is 0.0588. The maximum absolute atomic E-state index is 6.25. The van der Waals surface area contributed by atoms with Crippen LogP contribution in [0, 0.1) is 0 Å². The van der Waals surface area contributed by atoms with Crippen molar-refractivity contribution in [3.8, 4) is 0 Å². The first-order valence-electron chi connectivity index (χ1n) is 6.88. The van der Waals surface area contributed by atoms with Crippen LogP contribution in [0.2, 0.25) is 10.3 Å². The largest absolute Gasteiger partial charge is 0.224 e. The van der Waals surface area contributed by atoms with Gasteiger partial charge >= 0.3 is 0 Å². The lowest BCUT2D eigenvalue weighted by atomic mass is 10.1. The van der Waals surface area contributed by atoms with E-state index in [0.717, 1.165) is 28.5 Å². The van der Waals surface area contributed by atoms with Crippen LogP contribution in [0.25, 0.3) is 16.4 Å². The van der Waals surface area contributed by atoms with E-state index >= 15 is 0 Å². The lowest BCUT2D eigenvalue weighted by molar-refractivity contribution is 0.892. The predicted octanol–water partition coefficient (Wildman–Crippen LogP) is 4.78. The van der Waals surface area contributed by atoms with Crippen molar-refractivity contribution in [1.29, 1.82) is 0 Å². The van der Waals surface area contributed by atoms with Gasteiger partial charge in [0.25, 0.3) is 0 Å². The number of nitrogens with zero attached hydrogens (tertiary/aromatic N) is 3. The minimum Gasteiger partial charge on any atom is -0.218 e. The van der Waals surface area contributed by atoms with Gasteiger partial charge in [-0.25, -0.2) is 9.50 Å². The lowest BCUT2D eigenvalue weighted by Crippen LogP contribution is -1.95. The van der Waals surface area contributed by atoms with Gasteiger partial charge in [-0.2, -0.15) is 5.10 Å². The molecule has 0 spiro atoms. The Morgan fingerprint density at radius 2 is 1.77 bits per heavy atom. The Balaban J connectivity index is 1.91. The van der Waals surface area contributed by atoms with E-state index in [9.17, 15) is 0 Å². The minimum absolute atomic E-state index is 0.351. The van der Waals surface area contributed by atoms with Gasteiger partial charge in [-0.3, -0.25) is 0 Å². The molecule has 0 saturated heterocycles. The molecule has 5 heteroatoms. The zero-order valence-corrected chi connectivity index (χ0v) is 13.0. The molecule has 0 aliphatic carbocycles. The molecule has 22 heavy (non-hydrogen) atoms. The van der Waals surface area contributed by atoms with E-state index in [-0.39, 0.29) is 0 Å². The molecule has 2 aromatic heterocycles. The Hall–Kier alpha value is -2.10. The highest BCUT2D eigenvalue weighted by molar-refractivity contribution is 6.32. The van der Waals surface area contributed by atoms with Crippen molar-refractivity contribution in [2.75, 3.05) is 0 Å². The highest BCUT2D eigenvalue weighted by Crippen LogP contribution is 2.26. The van der Waals surface area contributed by atoms with Gasteiger partial charge in [0.15, 0.2) is 0 Å². The number of hydrogen-bond donors (Lipinski definition) is 0. The molecule has 2 aromatic carbocycles. The summed E-state index contributed by atoms with van der Waals surface area (Å²) >= 11 is 12.4. The van der Waals surface area contributed by atoms with Crippen molar-refractivity contribution in [2.24, 2.45) is 0 Å². The van der Waals surface area contributed by atoms with E-state index in [1.165, 1.54) is 5.56 Å². The van der Waals surface area contributed by atoms with Crippen molar-refractivity contribution in [3.63, 3.8) is 0 Å². The average Bonchev–Trinajstić information content (AvgIpc) is 2.94. The molecule has 0 bridgehead atoms. The summed E-state index contributed by atoms with van der Waals surface area (Å²) in [5, 5.41) is 6.54. The second-order valence-electron chi connectivity index (χ2n) is 5.14. The maximum atomic E-state index is 6.25. The monoisotopic (exact) mass is 327 g/mol. The lowest BCUT2D eigenvalue weighted by Gasteiger charge is -2.02. The van der Waals surface area contributed by atoms with Crippen LogP contribution in [0.1, 0.15) is 11.3 Å². The fourth-order valence-corrected chi connectivity index (χ4v) is 3.00. The molecule has 4 aromatic rings. The summed E-state index contributed by atoms with van der Waals surface area (Å²) in [5.74, 6) is 0. The van der Waals surface area contributed by atoms with Crippen molar-refractivity contribution >= 4 is 39.6 Å². The van der Waals surface area contributed by atoms with Gasteiger partial charge in [0.2, 0.25) is 5.28 Å². The molecule has 0 aliphatic rings. The quantitative estimate of drug-likeness (QED) is 0.496. The molecule has 0 saturated carbocycles. The Bertz CT molecular complexity index is 977. The Kier molecular flexibility index (Phi) is 3.25. The summed E-state index contributed by atoms with van der Waals surface area (Å²) in [6.07, 6.45) is 0.751. The van der Waals surface area contributed by atoms with E-state index in [1.54, 1.807) is 4.52 Å². The first-order valence-corrected chi connectivity index (χ1v) is 7.64. The second kappa shape index (κ2) is 5.27. The van der Waals surface area contributed by atoms with Crippen molar-refractivity contribution < 1.29 is 0 Å². The van der Waals surface area contributed by atoms with E-state index in [1.807, 2.05) is 42.5 Å². The van der Waals surface area contributed by atoms with Gasteiger partial charge in [-0.1, -0.05) is 41.9 Å².